The summed E-state index contributed by atoms with van der Waals surface area (Å²) in [6.07, 6.45) is 0.680. The normalized spacial score (nSPS) is 20.4. The van der Waals surface area contributed by atoms with Crippen molar-refractivity contribution in [2.45, 2.75) is 31.5 Å². The fourth-order valence-electron chi connectivity index (χ4n) is 4.29. The predicted octanol–water partition coefficient (Wildman–Crippen LogP) is 1.22. The number of likely N-dealkylation sites (tertiary alicyclic amines) is 1. The van der Waals surface area contributed by atoms with Crippen molar-refractivity contribution in [2.24, 2.45) is 0 Å². The first kappa shape index (κ1) is 20.1. The molecule has 2 amide bonds. The van der Waals surface area contributed by atoms with Gasteiger partial charge in [-0.25, -0.2) is 0 Å². The summed E-state index contributed by atoms with van der Waals surface area (Å²) in [5.74, 6) is -1.82. The minimum atomic E-state index is -1.34. The van der Waals surface area contributed by atoms with E-state index in [0.29, 0.717) is 37.1 Å². The minimum absolute atomic E-state index is 0.0797. The summed E-state index contributed by atoms with van der Waals surface area (Å²) < 4.78 is 5.91. The number of aliphatic carboxylic acids is 1. The Labute approximate surface area is 174 Å². The second kappa shape index (κ2) is 7.91. The highest BCUT2D eigenvalue weighted by Gasteiger charge is 2.52. The zero-order valence-electron chi connectivity index (χ0n) is 16.7. The molecule has 2 saturated heterocycles. The van der Waals surface area contributed by atoms with Gasteiger partial charge in [0.2, 0.25) is 0 Å². The van der Waals surface area contributed by atoms with E-state index in [1.54, 1.807) is 41.3 Å². The molecular formula is C23H23N2O5-. The molecule has 0 aromatic heterocycles. The van der Waals surface area contributed by atoms with Crippen LogP contribution in [0.3, 0.4) is 0 Å². The van der Waals surface area contributed by atoms with Crippen LogP contribution in [0.15, 0.2) is 54.6 Å². The molecule has 4 rings (SSSR count). The van der Waals surface area contributed by atoms with Crippen LogP contribution in [0, 0.1) is 6.92 Å². The molecule has 156 valence electrons. The van der Waals surface area contributed by atoms with Gasteiger partial charge in [-0.2, -0.15) is 0 Å². The number of hydrogen-bond acceptors (Lipinski definition) is 5. The molecule has 2 fully saturated rings. The van der Waals surface area contributed by atoms with Crippen LogP contribution < -0.4 is 5.11 Å². The molecule has 0 aliphatic carbocycles. The number of carboxylic acid groups (broad SMARTS) is 1. The van der Waals surface area contributed by atoms with Crippen LogP contribution in [-0.2, 0) is 9.53 Å². The highest BCUT2D eigenvalue weighted by molar-refractivity contribution is 5.97. The van der Waals surface area contributed by atoms with Crippen molar-refractivity contribution in [3.05, 3.63) is 71.3 Å². The fraction of sp³-hybridized carbons (Fsp3) is 0.348. The third kappa shape index (κ3) is 3.57. The molecule has 2 aromatic carbocycles. The quantitative estimate of drug-likeness (QED) is 0.763. The molecule has 0 bridgehead atoms. The minimum Gasteiger partial charge on any atom is -0.548 e. The number of nitrogens with zero attached hydrogens (tertiary/aromatic N) is 2. The summed E-state index contributed by atoms with van der Waals surface area (Å²) in [4.78, 5) is 40.8. The lowest BCUT2D eigenvalue weighted by Gasteiger charge is -2.45. The molecule has 7 nitrogen and oxygen atoms in total. The monoisotopic (exact) mass is 407 g/mol. The van der Waals surface area contributed by atoms with Gasteiger partial charge in [0.25, 0.3) is 11.8 Å². The molecule has 0 saturated carbocycles. The molecule has 2 aromatic rings. The number of carboxylic acids is 1. The smallest absolute Gasteiger partial charge is 0.256 e. The number of ether oxygens (including phenoxy) is 1. The molecule has 1 spiro atoms. The SMILES string of the molecule is Cc1cccc(C(=O)N2CCC3(CC2)OC[C@@H](C(=O)[O-])N3C(=O)c2ccccc2)c1. The number of aryl methyl sites for hydroxylation is 1. The number of rotatable bonds is 3. The average molecular weight is 407 g/mol. The molecule has 2 heterocycles. The van der Waals surface area contributed by atoms with Crippen LogP contribution in [0.5, 0.6) is 0 Å². The summed E-state index contributed by atoms with van der Waals surface area (Å²) in [5.41, 5.74) is 0.959. The number of amides is 2. The van der Waals surface area contributed by atoms with Crippen LogP contribution in [0.25, 0.3) is 0 Å². The molecule has 1 atom stereocenters. The van der Waals surface area contributed by atoms with Crippen molar-refractivity contribution in [3.8, 4) is 0 Å². The van der Waals surface area contributed by atoms with Crippen molar-refractivity contribution in [1.29, 1.82) is 0 Å². The van der Waals surface area contributed by atoms with E-state index in [2.05, 4.69) is 0 Å². The van der Waals surface area contributed by atoms with Gasteiger partial charge in [-0.05, 0) is 31.2 Å². The van der Waals surface area contributed by atoms with E-state index in [0.717, 1.165) is 5.56 Å². The highest BCUT2D eigenvalue weighted by atomic mass is 16.5. The first-order valence-corrected chi connectivity index (χ1v) is 10.0. The maximum Gasteiger partial charge on any atom is 0.256 e. The third-order valence-electron chi connectivity index (χ3n) is 5.87. The van der Waals surface area contributed by atoms with Gasteiger partial charge in [0.1, 0.15) is 5.72 Å². The summed E-state index contributed by atoms with van der Waals surface area (Å²) in [6, 6.07) is 14.8. The molecule has 0 radical (unpaired) electrons. The lowest BCUT2D eigenvalue weighted by Crippen LogP contribution is -2.60. The van der Waals surface area contributed by atoms with Crippen LogP contribution in [0.1, 0.15) is 39.1 Å². The van der Waals surface area contributed by atoms with E-state index >= 15 is 0 Å². The van der Waals surface area contributed by atoms with Crippen LogP contribution in [0.2, 0.25) is 0 Å². The predicted molar refractivity (Wildman–Crippen MR) is 106 cm³/mol. The Kier molecular flexibility index (Phi) is 5.30. The van der Waals surface area contributed by atoms with E-state index in [-0.39, 0.29) is 12.5 Å². The first-order valence-electron chi connectivity index (χ1n) is 10.0. The lowest BCUT2D eigenvalue weighted by atomic mass is 9.96. The Bertz CT molecular complexity index is 967. The lowest BCUT2D eigenvalue weighted by molar-refractivity contribution is -0.310. The summed E-state index contributed by atoms with van der Waals surface area (Å²) in [7, 11) is 0. The van der Waals surface area contributed by atoms with Crippen molar-refractivity contribution in [3.63, 3.8) is 0 Å². The summed E-state index contributed by atoms with van der Waals surface area (Å²) >= 11 is 0. The van der Waals surface area contributed by atoms with E-state index in [1.807, 2.05) is 25.1 Å². The van der Waals surface area contributed by atoms with E-state index in [9.17, 15) is 19.5 Å². The molecular weight excluding hydrogens is 384 g/mol. The Balaban J connectivity index is 1.55. The van der Waals surface area contributed by atoms with Crippen LogP contribution in [0.4, 0.5) is 0 Å². The Hall–Kier alpha value is -3.19. The van der Waals surface area contributed by atoms with Crippen molar-refractivity contribution < 1.29 is 24.2 Å². The molecule has 7 heteroatoms. The van der Waals surface area contributed by atoms with Crippen molar-refractivity contribution in [2.75, 3.05) is 19.7 Å². The number of carbonyl (C=O) groups excluding carboxylic acids is 3. The van der Waals surface area contributed by atoms with Gasteiger partial charge < -0.3 is 19.5 Å². The first-order chi connectivity index (χ1) is 14.4. The molecule has 0 unspecified atom stereocenters. The number of piperidine rings is 1. The Morgan fingerprint density at radius 2 is 1.63 bits per heavy atom. The van der Waals surface area contributed by atoms with E-state index in [4.69, 9.17) is 4.74 Å². The number of benzene rings is 2. The van der Waals surface area contributed by atoms with Gasteiger partial charge >= 0.3 is 0 Å². The van der Waals surface area contributed by atoms with E-state index in [1.165, 1.54) is 4.90 Å². The fourth-order valence-corrected chi connectivity index (χ4v) is 4.29. The van der Waals surface area contributed by atoms with Gasteiger partial charge in [0.05, 0.1) is 18.6 Å². The molecule has 2 aliphatic heterocycles. The van der Waals surface area contributed by atoms with Gasteiger partial charge in [-0.3, -0.25) is 14.5 Å². The second-order valence-corrected chi connectivity index (χ2v) is 7.79. The zero-order valence-corrected chi connectivity index (χ0v) is 16.7. The Morgan fingerprint density at radius 3 is 2.27 bits per heavy atom. The molecule has 2 aliphatic rings. The largest absolute Gasteiger partial charge is 0.548 e. The van der Waals surface area contributed by atoms with Gasteiger partial charge in [0, 0.05) is 37.1 Å². The van der Waals surface area contributed by atoms with Crippen LogP contribution >= 0.6 is 0 Å². The zero-order chi connectivity index (χ0) is 21.3. The number of hydrogen-bond donors (Lipinski definition) is 0. The third-order valence-corrected chi connectivity index (χ3v) is 5.87. The van der Waals surface area contributed by atoms with Gasteiger partial charge in [-0.1, -0.05) is 35.9 Å². The van der Waals surface area contributed by atoms with Crippen LogP contribution in [-0.4, -0.2) is 59.0 Å². The van der Waals surface area contributed by atoms with Gasteiger partial charge in [-0.15, -0.1) is 0 Å². The Morgan fingerprint density at radius 1 is 0.967 bits per heavy atom. The number of carbonyl (C=O) groups is 3. The highest BCUT2D eigenvalue weighted by Crippen LogP contribution is 2.38. The topological polar surface area (TPSA) is 90.0 Å². The maximum atomic E-state index is 13.2. The van der Waals surface area contributed by atoms with Crippen molar-refractivity contribution >= 4 is 17.8 Å². The molecule has 30 heavy (non-hydrogen) atoms. The summed E-state index contributed by atoms with van der Waals surface area (Å²) in [6.45, 7) is 2.55. The summed E-state index contributed by atoms with van der Waals surface area (Å²) in [5, 5.41) is 11.7. The van der Waals surface area contributed by atoms with Gasteiger partial charge in [0.15, 0.2) is 0 Å². The standard InChI is InChI=1S/C23H24N2O5/c1-16-6-5-9-18(14-16)20(26)24-12-10-23(11-13-24)25(19(15-30-23)22(28)29)21(27)17-7-3-2-4-8-17/h2-9,14,19H,10-13,15H2,1H3,(H,28,29)/p-1/t19-/m0/s1. The van der Waals surface area contributed by atoms with E-state index < -0.39 is 23.6 Å². The average Bonchev–Trinajstić information content (AvgIpc) is 3.13. The second-order valence-electron chi connectivity index (χ2n) is 7.79. The maximum absolute atomic E-state index is 13.2. The van der Waals surface area contributed by atoms with Crippen molar-refractivity contribution in [1.82, 2.24) is 9.80 Å². The molecule has 0 N–H and O–H groups in total.